The van der Waals surface area contributed by atoms with Gasteiger partial charge in [0.1, 0.15) is 11.6 Å². The number of anilines is 1. The van der Waals surface area contributed by atoms with Crippen molar-refractivity contribution >= 4 is 11.6 Å². The number of ether oxygens (including phenoxy) is 1. The van der Waals surface area contributed by atoms with Crippen molar-refractivity contribution in [2.24, 2.45) is 0 Å². The van der Waals surface area contributed by atoms with Crippen molar-refractivity contribution in [1.29, 1.82) is 0 Å². The highest BCUT2D eigenvalue weighted by molar-refractivity contribution is 5.99. The zero-order chi connectivity index (χ0) is 16.3. The molecule has 0 aliphatic carbocycles. The van der Waals surface area contributed by atoms with Gasteiger partial charge in [0.15, 0.2) is 0 Å². The molecule has 23 heavy (non-hydrogen) atoms. The van der Waals surface area contributed by atoms with Crippen LogP contribution in [0.2, 0.25) is 0 Å². The molecule has 5 heteroatoms. The number of nitrogens with one attached hydrogen (secondary N) is 1. The van der Waals surface area contributed by atoms with Crippen LogP contribution in [-0.2, 0) is 14.9 Å². The summed E-state index contributed by atoms with van der Waals surface area (Å²) in [5.74, 6) is -1.75. The molecular weight excluding hydrogens is 300 g/mol. The molecule has 1 fully saturated rings. The van der Waals surface area contributed by atoms with Crippen molar-refractivity contribution in [2.75, 3.05) is 18.5 Å². The first kappa shape index (κ1) is 15.6. The summed E-state index contributed by atoms with van der Waals surface area (Å²) in [5.41, 5.74) is 0.0990. The minimum atomic E-state index is -0.784. The summed E-state index contributed by atoms with van der Waals surface area (Å²) in [6.45, 7) is 0.933. The summed E-state index contributed by atoms with van der Waals surface area (Å²) in [7, 11) is 0. The van der Waals surface area contributed by atoms with Crippen LogP contribution in [0.3, 0.4) is 0 Å². The Balaban J connectivity index is 1.92. The second-order valence-corrected chi connectivity index (χ2v) is 5.64. The maximum Gasteiger partial charge on any atom is 0.235 e. The van der Waals surface area contributed by atoms with E-state index in [0.717, 1.165) is 17.7 Å². The van der Waals surface area contributed by atoms with E-state index >= 15 is 0 Å². The van der Waals surface area contributed by atoms with Crippen LogP contribution in [0, 0.1) is 11.6 Å². The third kappa shape index (κ3) is 3.10. The van der Waals surface area contributed by atoms with Crippen molar-refractivity contribution in [2.45, 2.75) is 18.3 Å². The van der Waals surface area contributed by atoms with E-state index in [0.29, 0.717) is 26.1 Å². The summed E-state index contributed by atoms with van der Waals surface area (Å²) in [6, 6.07) is 12.5. The molecule has 0 bridgehead atoms. The Morgan fingerprint density at radius 2 is 1.74 bits per heavy atom. The van der Waals surface area contributed by atoms with Crippen molar-refractivity contribution in [3.8, 4) is 0 Å². The Labute approximate surface area is 133 Å². The van der Waals surface area contributed by atoms with E-state index in [2.05, 4.69) is 5.32 Å². The predicted octanol–water partition coefficient (Wildman–Crippen LogP) is 3.65. The van der Waals surface area contributed by atoms with Crippen molar-refractivity contribution in [3.05, 3.63) is 65.7 Å². The van der Waals surface area contributed by atoms with Gasteiger partial charge in [-0.05, 0) is 30.5 Å². The SMILES string of the molecule is O=C(Nc1ccc(F)cc1F)C1(c2ccccc2)CCOCC1. The van der Waals surface area contributed by atoms with Crippen molar-refractivity contribution in [3.63, 3.8) is 0 Å². The predicted molar refractivity (Wildman–Crippen MR) is 83.2 cm³/mol. The van der Waals surface area contributed by atoms with E-state index in [1.807, 2.05) is 30.3 Å². The number of amides is 1. The topological polar surface area (TPSA) is 38.3 Å². The Hall–Kier alpha value is -2.27. The van der Waals surface area contributed by atoms with Crippen molar-refractivity contribution in [1.82, 2.24) is 0 Å². The van der Waals surface area contributed by atoms with Gasteiger partial charge in [0.2, 0.25) is 5.91 Å². The molecule has 0 aromatic heterocycles. The van der Waals surface area contributed by atoms with E-state index in [1.165, 1.54) is 6.07 Å². The molecule has 1 heterocycles. The summed E-state index contributed by atoms with van der Waals surface area (Å²) in [5, 5.41) is 2.61. The van der Waals surface area contributed by atoms with Gasteiger partial charge in [0.05, 0.1) is 11.1 Å². The van der Waals surface area contributed by atoms with Crippen LogP contribution in [0.15, 0.2) is 48.5 Å². The molecule has 1 amide bonds. The molecule has 1 saturated heterocycles. The number of benzene rings is 2. The largest absolute Gasteiger partial charge is 0.381 e. The van der Waals surface area contributed by atoms with Crippen LogP contribution in [0.5, 0.6) is 0 Å². The highest BCUT2D eigenvalue weighted by atomic mass is 19.1. The smallest absolute Gasteiger partial charge is 0.235 e. The second-order valence-electron chi connectivity index (χ2n) is 5.64. The molecule has 0 radical (unpaired) electrons. The van der Waals surface area contributed by atoms with Gasteiger partial charge in [-0.1, -0.05) is 30.3 Å². The average molecular weight is 317 g/mol. The Kier molecular flexibility index (Phi) is 4.39. The molecule has 0 spiro atoms. The molecule has 1 aliphatic rings. The molecule has 2 aromatic carbocycles. The number of carbonyl (C=O) groups is 1. The summed E-state index contributed by atoms with van der Waals surface area (Å²) in [4.78, 5) is 12.9. The first-order valence-corrected chi connectivity index (χ1v) is 7.52. The van der Waals surface area contributed by atoms with Crippen molar-refractivity contribution < 1.29 is 18.3 Å². The van der Waals surface area contributed by atoms with Gasteiger partial charge in [-0.3, -0.25) is 4.79 Å². The Morgan fingerprint density at radius 1 is 1.04 bits per heavy atom. The lowest BCUT2D eigenvalue weighted by Crippen LogP contribution is -2.45. The lowest BCUT2D eigenvalue weighted by Gasteiger charge is -2.36. The van der Waals surface area contributed by atoms with Gasteiger partial charge >= 0.3 is 0 Å². The fourth-order valence-electron chi connectivity index (χ4n) is 2.96. The quantitative estimate of drug-likeness (QED) is 0.938. The van der Waals surface area contributed by atoms with Gasteiger partial charge in [0.25, 0.3) is 0 Å². The maximum absolute atomic E-state index is 13.8. The standard InChI is InChI=1S/C18H17F2NO2/c19-14-6-7-16(15(20)12-14)21-17(22)18(8-10-23-11-9-18)13-4-2-1-3-5-13/h1-7,12H,8-11H2,(H,21,22). The highest BCUT2D eigenvalue weighted by Crippen LogP contribution is 2.36. The number of hydrogen-bond donors (Lipinski definition) is 1. The van der Waals surface area contributed by atoms with Crippen LogP contribution in [0.1, 0.15) is 18.4 Å². The lowest BCUT2D eigenvalue weighted by molar-refractivity contribution is -0.125. The molecule has 1 N–H and O–H groups in total. The zero-order valence-electron chi connectivity index (χ0n) is 12.5. The van der Waals surface area contributed by atoms with E-state index in [-0.39, 0.29) is 11.6 Å². The van der Waals surface area contributed by atoms with Crippen LogP contribution < -0.4 is 5.32 Å². The first-order chi connectivity index (χ1) is 11.1. The lowest BCUT2D eigenvalue weighted by atomic mass is 9.73. The monoisotopic (exact) mass is 317 g/mol. The molecule has 0 unspecified atom stereocenters. The third-order valence-corrected chi connectivity index (χ3v) is 4.29. The molecular formula is C18H17F2NO2. The van der Waals surface area contributed by atoms with Gasteiger partial charge in [0, 0.05) is 19.3 Å². The first-order valence-electron chi connectivity index (χ1n) is 7.52. The van der Waals surface area contributed by atoms with E-state index < -0.39 is 17.0 Å². The molecule has 3 nitrogen and oxygen atoms in total. The van der Waals surface area contributed by atoms with Crippen LogP contribution in [0.4, 0.5) is 14.5 Å². The molecule has 0 atom stereocenters. The Bertz CT molecular complexity index is 697. The van der Waals surface area contributed by atoms with E-state index in [4.69, 9.17) is 4.74 Å². The summed E-state index contributed by atoms with van der Waals surface area (Å²) >= 11 is 0. The summed E-state index contributed by atoms with van der Waals surface area (Å²) in [6.07, 6.45) is 1.04. The number of rotatable bonds is 3. The number of carbonyl (C=O) groups excluding carboxylic acids is 1. The fraction of sp³-hybridized carbons (Fsp3) is 0.278. The molecule has 3 rings (SSSR count). The molecule has 120 valence electrons. The van der Waals surface area contributed by atoms with Crippen LogP contribution >= 0.6 is 0 Å². The van der Waals surface area contributed by atoms with E-state index in [9.17, 15) is 13.6 Å². The van der Waals surface area contributed by atoms with Gasteiger partial charge < -0.3 is 10.1 Å². The minimum absolute atomic E-state index is 0.0156. The molecule has 0 saturated carbocycles. The summed E-state index contributed by atoms with van der Waals surface area (Å²) < 4.78 is 32.2. The number of hydrogen-bond acceptors (Lipinski definition) is 2. The van der Waals surface area contributed by atoms with Gasteiger partial charge in [-0.2, -0.15) is 0 Å². The van der Waals surface area contributed by atoms with Crippen LogP contribution in [0.25, 0.3) is 0 Å². The van der Waals surface area contributed by atoms with E-state index in [1.54, 1.807) is 0 Å². The molecule has 1 aliphatic heterocycles. The van der Waals surface area contributed by atoms with Gasteiger partial charge in [-0.25, -0.2) is 8.78 Å². The van der Waals surface area contributed by atoms with Crippen LogP contribution in [-0.4, -0.2) is 19.1 Å². The minimum Gasteiger partial charge on any atom is -0.381 e. The zero-order valence-corrected chi connectivity index (χ0v) is 12.5. The maximum atomic E-state index is 13.8. The van der Waals surface area contributed by atoms with Gasteiger partial charge in [-0.15, -0.1) is 0 Å². The fourth-order valence-corrected chi connectivity index (χ4v) is 2.96. The number of halogens is 2. The third-order valence-electron chi connectivity index (χ3n) is 4.29. The second kappa shape index (κ2) is 6.46. The molecule has 2 aromatic rings. The Morgan fingerprint density at radius 3 is 2.39 bits per heavy atom. The average Bonchev–Trinajstić information content (AvgIpc) is 2.58. The normalized spacial score (nSPS) is 16.8. The highest BCUT2D eigenvalue weighted by Gasteiger charge is 2.41.